The zero-order chi connectivity index (χ0) is 36.6. The van der Waals surface area contributed by atoms with Crippen LogP contribution in [0, 0.1) is 0 Å². The minimum absolute atomic E-state index is 0.00492. The first kappa shape index (κ1) is 37.1. The molecule has 0 spiro atoms. The summed E-state index contributed by atoms with van der Waals surface area (Å²) >= 11 is 0. The van der Waals surface area contributed by atoms with Crippen LogP contribution in [-0.4, -0.2) is 93.5 Å². The molecular formula is C30H34F9N9O2. The number of hydrogen-bond acceptors (Lipinski definition) is 9. The maximum atomic E-state index is 14.0. The molecule has 2 aliphatic rings. The number of amides is 1. The molecule has 2 aromatic heterocycles. The van der Waals surface area contributed by atoms with Gasteiger partial charge in [0.25, 0.3) is 5.95 Å². The van der Waals surface area contributed by atoms with Crippen LogP contribution in [0.2, 0.25) is 0 Å². The van der Waals surface area contributed by atoms with Gasteiger partial charge < -0.3 is 14.5 Å². The number of aromatic nitrogens is 5. The average molecular weight is 724 g/mol. The van der Waals surface area contributed by atoms with Gasteiger partial charge in [-0.3, -0.25) is 9.80 Å². The molecule has 274 valence electrons. The molecule has 11 nitrogen and oxygen atoms in total. The van der Waals surface area contributed by atoms with Crippen LogP contribution in [0.25, 0.3) is 0 Å². The number of anilines is 2. The number of alkyl halides is 9. The van der Waals surface area contributed by atoms with E-state index in [9.17, 15) is 44.3 Å². The lowest BCUT2D eigenvalue weighted by Crippen LogP contribution is -2.49. The molecule has 0 bridgehead atoms. The third-order valence-electron chi connectivity index (χ3n) is 8.66. The Morgan fingerprint density at radius 2 is 1.56 bits per heavy atom. The highest BCUT2D eigenvalue weighted by molar-refractivity contribution is 5.90. The second-order valence-corrected chi connectivity index (χ2v) is 12.2. The molecule has 0 radical (unpaired) electrons. The Hall–Kier alpha value is -4.20. The van der Waals surface area contributed by atoms with E-state index in [0.717, 1.165) is 41.9 Å². The summed E-state index contributed by atoms with van der Waals surface area (Å²) in [6.07, 6.45) is -16.0. The monoisotopic (exact) mass is 723 g/mol. The lowest BCUT2D eigenvalue weighted by atomic mass is 9.91. The van der Waals surface area contributed by atoms with Gasteiger partial charge in [0.05, 0.1) is 35.6 Å². The zero-order valence-corrected chi connectivity index (χ0v) is 27.1. The zero-order valence-electron chi connectivity index (χ0n) is 27.1. The van der Waals surface area contributed by atoms with E-state index in [1.54, 1.807) is 6.92 Å². The predicted octanol–water partition coefficient (Wildman–Crippen LogP) is 5.78. The van der Waals surface area contributed by atoms with Gasteiger partial charge in [-0.15, -0.1) is 5.10 Å². The maximum Gasteiger partial charge on any atom is 0.433 e. The molecule has 0 unspecified atom stereocenters. The van der Waals surface area contributed by atoms with E-state index in [2.05, 4.69) is 30.2 Å². The molecule has 1 aromatic carbocycles. The highest BCUT2D eigenvalue weighted by Gasteiger charge is 2.44. The van der Waals surface area contributed by atoms with Crippen molar-refractivity contribution in [1.29, 1.82) is 0 Å². The quantitative estimate of drug-likeness (QED) is 0.268. The molecule has 5 rings (SSSR count). The number of halogens is 9. The highest BCUT2D eigenvalue weighted by Crippen LogP contribution is 2.44. The van der Waals surface area contributed by atoms with Crippen molar-refractivity contribution in [3.05, 3.63) is 58.4 Å². The van der Waals surface area contributed by atoms with Gasteiger partial charge in [-0.2, -0.15) is 44.3 Å². The number of nitrogens with zero attached hydrogens (tertiary/aromatic N) is 9. The molecule has 20 heteroatoms. The molecule has 50 heavy (non-hydrogen) atoms. The number of pyridine rings is 1. The molecular weight excluding hydrogens is 689 g/mol. The van der Waals surface area contributed by atoms with Crippen molar-refractivity contribution in [1.82, 2.24) is 35.0 Å². The number of likely N-dealkylation sites (N-methyl/N-ethyl adjacent to an activating group) is 1. The lowest BCUT2D eigenvalue weighted by molar-refractivity contribution is -0.143. The third-order valence-corrected chi connectivity index (χ3v) is 8.66. The smallest absolute Gasteiger partial charge is 0.433 e. The Morgan fingerprint density at radius 3 is 2.10 bits per heavy atom. The summed E-state index contributed by atoms with van der Waals surface area (Å²) in [5.41, 5.74) is -5.35. The average Bonchev–Trinajstić information content (AvgIpc) is 3.47. The van der Waals surface area contributed by atoms with Gasteiger partial charge >= 0.3 is 24.6 Å². The fourth-order valence-corrected chi connectivity index (χ4v) is 6.04. The van der Waals surface area contributed by atoms with Crippen LogP contribution >= 0.6 is 0 Å². The van der Waals surface area contributed by atoms with Crippen molar-refractivity contribution in [3.8, 4) is 0 Å². The number of piperazine rings is 1. The van der Waals surface area contributed by atoms with E-state index in [0.29, 0.717) is 24.7 Å². The van der Waals surface area contributed by atoms with Crippen molar-refractivity contribution in [2.45, 2.75) is 56.9 Å². The first-order chi connectivity index (χ1) is 23.3. The lowest BCUT2D eigenvalue weighted by Gasteiger charge is -2.43. The molecule has 0 N–H and O–H groups in total. The summed E-state index contributed by atoms with van der Waals surface area (Å²) in [7, 11) is 3.34. The Morgan fingerprint density at radius 1 is 0.920 bits per heavy atom. The van der Waals surface area contributed by atoms with E-state index in [-0.39, 0.29) is 42.8 Å². The molecule has 0 saturated carbocycles. The Bertz CT molecular complexity index is 1620. The second kappa shape index (κ2) is 14.2. The number of rotatable bonds is 8. The van der Waals surface area contributed by atoms with Crippen molar-refractivity contribution in [2.24, 2.45) is 7.05 Å². The fourth-order valence-electron chi connectivity index (χ4n) is 6.04. The number of ether oxygens (including phenoxy) is 1. The molecule has 1 amide bonds. The molecule has 1 saturated heterocycles. The molecule has 0 aliphatic carbocycles. The number of benzene rings is 1. The number of carbonyl (C=O) groups is 1. The van der Waals surface area contributed by atoms with Gasteiger partial charge in [-0.25, -0.2) is 9.78 Å². The van der Waals surface area contributed by atoms with E-state index in [1.807, 2.05) is 7.05 Å². The number of hydrogen-bond donors (Lipinski definition) is 0. The normalized spacial score (nSPS) is 19.4. The first-order valence-electron chi connectivity index (χ1n) is 15.6. The van der Waals surface area contributed by atoms with Crippen molar-refractivity contribution in [3.63, 3.8) is 0 Å². The van der Waals surface area contributed by atoms with Gasteiger partial charge in [0.2, 0.25) is 0 Å². The number of tetrazole rings is 1. The summed E-state index contributed by atoms with van der Waals surface area (Å²) in [4.78, 5) is 25.0. The van der Waals surface area contributed by atoms with E-state index in [4.69, 9.17) is 4.74 Å². The molecule has 2 aliphatic heterocycles. The number of carbonyl (C=O) groups excluding carboxylic acids is 1. The third kappa shape index (κ3) is 8.39. The number of aryl methyl sites for hydroxylation is 1. The van der Waals surface area contributed by atoms with Crippen LogP contribution in [0.4, 0.5) is 55.9 Å². The van der Waals surface area contributed by atoms with Crippen LogP contribution < -0.4 is 9.80 Å². The standard InChI is InChI=1S/C30H34F9N9O2/c1-4-21-16-23(47(26-41-43-45(3)42-26)17-18-13-19(28(31,32)33)15-20(14-18)29(34,35)36)25-22(5-6-24(40-25)30(37,38)39)48(21)27(49)50-12-11-46-9-7-44(2)8-10-46/h5-6,13-15,21,23H,4,7-12,16-17H2,1-3H3/t21-,23+/m1/s1. The van der Waals surface area contributed by atoms with Crippen LogP contribution in [0.5, 0.6) is 0 Å². The summed E-state index contributed by atoms with van der Waals surface area (Å²) in [6.45, 7) is 4.58. The summed E-state index contributed by atoms with van der Waals surface area (Å²) in [5, 5.41) is 11.7. The Kier molecular flexibility index (Phi) is 10.5. The molecule has 3 aromatic rings. The van der Waals surface area contributed by atoms with E-state index >= 15 is 0 Å². The minimum atomic E-state index is -5.15. The van der Waals surface area contributed by atoms with Gasteiger partial charge in [-0.05, 0) is 61.0 Å². The Labute approximate surface area is 280 Å². The van der Waals surface area contributed by atoms with Crippen molar-refractivity contribution in [2.75, 3.05) is 56.2 Å². The fraction of sp³-hybridized carbons (Fsp3) is 0.567. The van der Waals surface area contributed by atoms with Crippen molar-refractivity contribution < 1.29 is 49.0 Å². The largest absolute Gasteiger partial charge is 0.448 e. The highest BCUT2D eigenvalue weighted by atomic mass is 19.4. The van der Waals surface area contributed by atoms with Crippen LogP contribution in [0.1, 0.15) is 53.9 Å². The Balaban J connectivity index is 1.56. The SMILES string of the molecule is CC[C@@H]1C[C@H](N(Cc2cc(C(F)(F)F)cc(C(F)(F)F)c2)c2nnn(C)n2)c2nc(C(F)(F)F)ccc2N1C(=O)OCCN1CCN(C)CC1. The maximum absolute atomic E-state index is 14.0. The van der Waals surface area contributed by atoms with Crippen LogP contribution in [0.3, 0.4) is 0 Å². The minimum Gasteiger partial charge on any atom is -0.448 e. The summed E-state index contributed by atoms with van der Waals surface area (Å²) in [5.74, 6) is -0.299. The second-order valence-electron chi connectivity index (χ2n) is 12.2. The topological polar surface area (TPSA) is 95.8 Å². The van der Waals surface area contributed by atoms with Gasteiger partial charge in [0.1, 0.15) is 12.3 Å². The first-order valence-corrected chi connectivity index (χ1v) is 15.6. The summed E-state index contributed by atoms with van der Waals surface area (Å²) < 4.78 is 130. The van der Waals surface area contributed by atoms with Crippen LogP contribution in [0.15, 0.2) is 30.3 Å². The van der Waals surface area contributed by atoms with E-state index in [1.165, 1.54) is 11.9 Å². The molecule has 2 atom stereocenters. The van der Waals surface area contributed by atoms with Gasteiger partial charge in [0, 0.05) is 45.3 Å². The van der Waals surface area contributed by atoms with Gasteiger partial charge in [0.15, 0.2) is 0 Å². The predicted molar refractivity (Wildman–Crippen MR) is 160 cm³/mol. The molecule has 4 heterocycles. The van der Waals surface area contributed by atoms with Gasteiger partial charge in [-0.1, -0.05) is 12.0 Å². The van der Waals surface area contributed by atoms with Crippen LogP contribution in [-0.2, 0) is 36.9 Å². The van der Waals surface area contributed by atoms with Crippen molar-refractivity contribution >= 4 is 17.7 Å². The summed E-state index contributed by atoms with van der Waals surface area (Å²) in [6, 6.07) is 0.740. The van der Waals surface area contributed by atoms with E-state index < -0.39 is 65.6 Å². The molecule has 1 fully saturated rings. The number of fused-ring (bicyclic) bond motifs is 1.